The summed E-state index contributed by atoms with van der Waals surface area (Å²) in [5, 5.41) is 0. The van der Waals surface area contributed by atoms with Crippen molar-refractivity contribution in [2.45, 2.75) is 46.0 Å². The Hall–Kier alpha value is -1.56. The second-order valence-electron chi connectivity index (χ2n) is 6.76. The highest BCUT2D eigenvalue weighted by Crippen LogP contribution is 2.43. The molecule has 0 bridgehead atoms. The Bertz CT molecular complexity index is 483. The van der Waals surface area contributed by atoms with Crippen molar-refractivity contribution in [3.8, 4) is 0 Å². The van der Waals surface area contributed by atoms with Gasteiger partial charge in [0.15, 0.2) is 0 Å². The third kappa shape index (κ3) is 3.12. The first-order valence-corrected chi connectivity index (χ1v) is 7.59. The van der Waals surface area contributed by atoms with Crippen molar-refractivity contribution in [1.82, 2.24) is 0 Å². The van der Waals surface area contributed by atoms with Crippen LogP contribution in [0.2, 0.25) is 0 Å². The van der Waals surface area contributed by atoms with Gasteiger partial charge in [-0.05, 0) is 23.0 Å². The smallest absolute Gasteiger partial charge is 0.0179 e. The van der Waals surface area contributed by atoms with E-state index in [0.29, 0.717) is 5.41 Å². The minimum atomic E-state index is 0.0715. The van der Waals surface area contributed by atoms with E-state index in [4.69, 9.17) is 0 Å². The van der Waals surface area contributed by atoms with Crippen LogP contribution in [-0.4, -0.2) is 0 Å². The lowest BCUT2D eigenvalue weighted by Gasteiger charge is -2.38. The molecule has 0 spiro atoms. The molecule has 20 heavy (non-hydrogen) atoms. The minimum Gasteiger partial charge on any atom is -0.0649 e. The lowest BCUT2D eigenvalue weighted by Crippen LogP contribution is -2.30. The van der Waals surface area contributed by atoms with Gasteiger partial charge in [-0.3, -0.25) is 0 Å². The average molecular weight is 266 g/mol. The van der Waals surface area contributed by atoms with E-state index in [-0.39, 0.29) is 5.41 Å². The summed E-state index contributed by atoms with van der Waals surface area (Å²) < 4.78 is 0. The molecule has 0 atom stereocenters. The van der Waals surface area contributed by atoms with Crippen LogP contribution in [0.5, 0.6) is 0 Å². The molecule has 0 amide bonds. The van der Waals surface area contributed by atoms with Crippen molar-refractivity contribution in [3.63, 3.8) is 0 Å². The van der Waals surface area contributed by atoms with Crippen molar-refractivity contribution in [1.29, 1.82) is 0 Å². The Kier molecular flexibility index (Phi) is 4.32. The number of benzene rings is 2. The molecule has 0 heteroatoms. The molecule has 0 unspecified atom stereocenters. The molecule has 0 radical (unpaired) electrons. The first-order chi connectivity index (χ1) is 9.48. The van der Waals surface area contributed by atoms with Gasteiger partial charge in [-0.2, -0.15) is 0 Å². The fourth-order valence-electron chi connectivity index (χ4n) is 3.06. The fourth-order valence-corrected chi connectivity index (χ4v) is 3.06. The van der Waals surface area contributed by atoms with Gasteiger partial charge in [0, 0.05) is 5.41 Å². The maximum absolute atomic E-state index is 2.38. The lowest BCUT2D eigenvalue weighted by molar-refractivity contribution is 0.260. The van der Waals surface area contributed by atoms with Crippen LogP contribution in [0.25, 0.3) is 0 Å². The zero-order chi connectivity index (χ0) is 14.6. The second kappa shape index (κ2) is 5.83. The van der Waals surface area contributed by atoms with E-state index < -0.39 is 0 Å². The van der Waals surface area contributed by atoms with Crippen molar-refractivity contribution >= 4 is 0 Å². The van der Waals surface area contributed by atoms with Crippen molar-refractivity contribution < 1.29 is 0 Å². The Morgan fingerprint density at radius 2 is 1.10 bits per heavy atom. The number of hydrogen-bond donors (Lipinski definition) is 0. The molecular formula is C20H26. The molecule has 0 heterocycles. The van der Waals surface area contributed by atoms with Gasteiger partial charge in [-0.1, -0.05) is 94.8 Å². The average Bonchev–Trinajstić information content (AvgIpc) is 2.48. The summed E-state index contributed by atoms with van der Waals surface area (Å²) >= 11 is 0. The molecule has 2 aromatic carbocycles. The Morgan fingerprint density at radius 1 is 0.700 bits per heavy atom. The summed E-state index contributed by atoms with van der Waals surface area (Å²) in [7, 11) is 0. The van der Waals surface area contributed by atoms with Crippen LogP contribution in [0.3, 0.4) is 0 Å². The van der Waals surface area contributed by atoms with Crippen LogP contribution in [0.1, 0.15) is 51.7 Å². The maximum atomic E-state index is 2.38. The summed E-state index contributed by atoms with van der Waals surface area (Å²) in [6.45, 7) is 9.42. The van der Waals surface area contributed by atoms with E-state index in [1.807, 2.05) is 0 Å². The fraction of sp³-hybridized carbons (Fsp3) is 0.400. The number of rotatable bonds is 5. The molecule has 0 saturated carbocycles. The van der Waals surface area contributed by atoms with Gasteiger partial charge < -0.3 is 0 Å². The molecule has 0 aliphatic carbocycles. The summed E-state index contributed by atoms with van der Waals surface area (Å²) in [6, 6.07) is 21.8. The molecule has 0 aliphatic heterocycles. The first kappa shape index (κ1) is 14.8. The van der Waals surface area contributed by atoms with Crippen LogP contribution in [-0.2, 0) is 5.41 Å². The van der Waals surface area contributed by atoms with E-state index in [1.54, 1.807) is 0 Å². The normalized spacial score (nSPS) is 12.4. The lowest BCUT2D eigenvalue weighted by atomic mass is 9.66. The SMILES string of the molecule is CCC(C)(C)CC(C)(c1ccccc1)c1ccccc1. The van der Waals surface area contributed by atoms with Gasteiger partial charge in [0.1, 0.15) is 0 Å². The van der Waals surface area contributed by atoms with Crippen molar-refractivity contribution in [3.05, 3.63) is 71.8 Å². The summed E-state index contributed by atoms with van der Waals surface area (Å²) in [6.07, 6.45) is 2.35. The topological polar surface area (TPSA) is 0 Å². The van der Waals surface area contributed by atoms with E-state index >= 15 is 0 Å². The van der Waals surface area contributed by atoms with Gasteiger partial charge in [0.2, 0.25) is 0 Å². The van der Waals surface area contributed by atoms with E-state index in [1.165, 1.54) is 17.5 Å². The first-order valence-electron chi connectivity index (χ1n) is 7.59. The minimum absolute atomic E-state index is 0.0715. The van der Waals surface area contributed by atoms with E-state index in [0.717, 1.165) is 6.42 Å². The van der Waals surface area contributed by atoms with E-state index in [9.17, 15) is 0 Å². The molecule has 0 N–H and O–H groups in total. The Morgan fingerprint density at radius 3 is 1.45 bits per heavy atom. The molecule has 0 nitrogen and oxygen atoms in total. The van der Waals surface area contributed by atoms with Gasteiger partial charge in [-0.15, -0.1) is 0 Å². The van der Waals surface area contributed by atoms with Crippen molar-refractivity contribution in [2.75, 3.05) is 0 Å². The van der Waals surface area contributed by atoms with Crippen LogP contribution in [0, 0.1) is 5.41 Å². The quantitative estimate of drug-likeness (QED) is 0.639. The van der Waals surface area contributed by atoms with Crippen molar-refractivity contribution in [2.24, 2.45) is 5.41 Å². The second-order valence-corrected chi connectivity index (χ2v) is 6.76. The Balaban J connectivity index is 2.50. The molecule has 0 saturated heterocycles. The molecule has 0 fully saturated rings. The highest BCUT2D eigenvalue weighted by Gasteiger charge is 2.34. The predicted octanol–water partition coefficient (Wildman–Crippen LogP) is 5.82. The zero-order valence-electron chi connectivity index (χ0n) is 13.2. The van der Waals surface area contributed by atoms with Crippen LogP contribution < -0.4 is 0 Å². The highest BCUT2D eigenvalue weighted by molar-refractivity contribution is 5.38. The highest BCUT2D eigenvalue weighted by atomic mass is 14.4. The largest absolute Gasteiger partial charge is 0.0649 e. The number of hydrogen-bond acceptors (Lipinski definition) is 0. The maximum Gasteiger partial charge on any atom is 0.0179 e. The Labute approximate surface area is 123 Å². The third-order valence-electron chi connectivity index (χ3n) is 4.61. The molecule has 2 rings (SSSR count). The van der Waals surface area contributed by atoms with Crippen LogP contribution in [0.15, 0.2) is 60.7 Å². The molecule has 106 valence electrons. The predicted molar refractivity (Wildman–Crippen MR) is 88.0 cm³/mol. The van der Waals surface area contributed by atoms with Gasteiger partial charge in [-0.25, -0.2) is 0 Å². The standard InChI is InChI=1S/C20H26/c1-5-19(2,3)16-20(4,17-12-8-6-9-13-17)18-14-10-7-11-15-18/h6-15H,5,16H2,1-4H3. The van der Waals surface area contributed by atoms with Gasteiger partial charge in [0.05, 0.1) is 0 Å². The third-order valence-corrected chi connectivity index (χ3v) is 4.61. The van der Waals surface area contributed by atoms with E-state index in [2.05, 4.69) is 88.4 Å². The molecule has 2 aromatic rings. The van der Waals surface area contributed by atoms with Gasteiger partial charge in [0.25, 0.3) is 0 Å². The summed E-state index contributed by atoms with van der Waals surface area (Å²) in [5.74, 6) is 0. The molecular weight excluding hydrogens is 240 g/mol. The summed E-state index contributed by atoms with van der Waals surface area (Å²) in [4.78, 5) is 0. The van der Waals surface area contributed by atoms with Gasteiger partial charge >= 0.3 is 0 Å². The van der Waals surface area contributed by atoms with Crippen LogP contribution >= 0.6 is 0 Å². The zero-order valence-corrected chi connectivity index (χ0v) is 13.2. The summed E-state index contributed by atoms with van der Waals surface area (Å²) in [5.41, 5.74) is 3.23. The van der Waals surface area contributed by atoms with Crippen LogP contribution in [0.4, 0.5) is 0 Å². The monoisotopic (exact) mass is 266 g/mol. The molecule has 0 aliphatic rings. The molecule has 0 aromatic heterocycles.